The summed E-state index contributed by atoms with van der Waals surface area (Å²) in [4.78, 5) is 15.0. The van der Waals surface area contributed by atoms with Crippen molar-refractivity contribution in [3.63, 3.8) is 0 Å². The Kier molecular flexibility index (Phi) is 4.25. The van der Waals surface area contributed by atoms with Crippen molar-refractivity contribution in [2.45, 2.75) is 26.2 Å². The van der Waals surface area contributed by atoms with Crippen LogP contribution < -0.4 is 10.6 Å². The molecule has 1 fully saturated rings. The highest BCUT2D eigenvalue weighted by Gasteiger charge is 2.20. The Morgan fingerprint density at radius 1 is 1.38 bits per heavy atom. The van der Waals surface area contributed by atoms with Gasteiger partial charge in [-0.05, 0) is 49.8 Å². The van der Waals surface area contributed by atoms with E-state index in [1.807, 2.05) is 0 Å². The molecule has 2 aromatic rings. The third-order valence-corrected chi connectivity index (χ3v) is 4.14. The predicted octanol–water partition coefficient (Wildman–Crippen LogP) is 2.13. The highest BCUT2D eigenvalue weighted by Crippen LogP contribution is 2.27. The topological polar surface area (TPSA) is 56.9 Å². The van der Waals surface area contributed by atoms with Crippen LogP contribution in [0.1, 0.15) is 24.0 Å². The summed E-state index contributed by atoms with van der Waals surface area (Å²) in [6.45, 7) is 4.21. The number of para-hydroxylation sites is 1. The van der Waals surface area contributed by atoms with Gasteiger partial charge in [0.1, 0.15) is 0 Å². The maximum atomic E-state index is 11.7. The second-order valence-electron chi connectivity index (χ2n) is 5.99. The number of hydrogen-bond acceptors (Lipinski definition) is 2. The Balaban J connectivity index is 1.45. The second kappa shape index (κ2) is 6.31. The molecule has 1 aliphatic carbocycles. The summed E-state index contributed by atoms with van der Waals surface area (Å²) in [5, 5.41) is 7.45. The summed E-state index contributed by atoms with van der Waals surface area (Å²) in [5.41, 5.74) is 3.72. The number of aryl methyl sites for hydroxylation is 1. The van der Waals surface area contributed by atoms with Crippen LogP contribution in [0.15, 0.2) is 24.4 Å². The number of hydrogen-bond donors (Lipinski definition) is 3. The van der Waals surface area contributed by atoms with E-state index in [4.69, 9.17) is 0 Å². The zero-order chi connectivity index (χ0) is 14.7. The van der Waals surface area contributed by atoms with Crippen molar-refractivity contribution >= 4 is 16.8 Å². The van der Waals surface area contributed by atoms with E-state index in [1.165, 1.54) is 34.9 Å². The fourth-order valence-electron chi connectivity index (χ4n) is 2.68. The number of aromatic nitrogens is 1. The molecule has 112 valence electrons. The Labute approximate surface area is 125 Å². The molecule has 1 aliphatic rings. The third kappa shape index (κ3) is 3.64. The molecule has 0 bridgehead atoms. The minimum atomic E-state index is 0.0895. The van der Waals surface area contributed by atoms with E-state index in [0.717, 1.165) is 18.9 Å². The molecule has 4 heteroatoms. The summed E-state index contributed by atoms with van der Waals surface area (Å²) < 4.78 is 0. The normalized spacial score (nSPS) is 14.5. The first kappa shape index (κ1) is 14.1. The largest absolute Gasteiger partial charge is 0.361 e. The molecular weight excluding hydrogens is 262 g/mol. The minimum Gasteiger partial charge on any atom is -0.361 e. The van der Waals surface area contributed by atoms with E-state index < -0.39 is 0 Å². The van der Waals surface area contributed by atoms with Crippen molar-refractivity contribution in [3.8, 4) is 0 Å². The number of benzene rings is 1. The first-order valence-electron chi connectivity index (χ1n) is 7.77. The highest BCUT2D eigenvalue weighted by molar-refractivity contribution is 5.86. The Morgan fingerprint density at radius 2 is 2.24 bits per heavy atom. The smallest absolute Gasteiger partial charge is 0.233 e. The number of nitrogens with one attached hydrogen (secondary N) is 3. The SMILES string of the molecule is Cc1cccc2c(CCNC(=O)CNCC3CC3)c[nH]c12. The van der Waals surface area contributed by atoms with E-state index in [2.05, 4.69) is 46.9 Å². The number of rotatable bonds is 7. The molecule has 0 spiro atoms. The second-order valence-corrected chi connectivity index (χ2v) is 5.99. The maximum Gasteiger partial charge on any atom is 0.233 e. The average molecular weight is 285 g/mol. The van der Waals surface area contributed by atoms with Gasteiger partial charge in [-0.25, -0.2) is 0 Å². The maximum absolute atomic E-state index is 11.7. The van der Waals surface area contributed by atoms with E-state index in [1.54, 1.807) is 0 Å². The molecule has 4 nitrogen and oxygen atoms in total. The van der Waals surface area contributed by atoms with E-state index in [-0.39, 0.29) is 5.91 Å². The van der Waals surface area contributed by atoms with Gasteiger partial charge in [-0.1, -0.05) is 18.2 Å². The first-order valence-corrected chi connectivity index (χ1v) is 7.77. The van der Waals surface area contributed by atoms with Crippen LogP contribution >= 0.6 is 0 Å². The van der Waals surface area contributed by atoms with Gasteiger partial charge in [-0.2, -0.15) is 0 Å². The van der Waals surface area contributed by atoms with Crippen LogP contribution in [0.3, 0.4) is 0 Å². The first-order chi connectivity index (χ1) is 10.2. The van der Waals surface area contributed by atoms with E-state index in [9.17, 15) is 4.79 Å². The van der Waals surface area contributed by atoms with Gasteiger partial charge in [0.2, 0.25) is 5.91 Å². The van der Waals surface area contributed by atoms with E-state index >= 15 is 0 Å². The van der Waals surface area contributed by atoms with Crippen LogP contribution in [0.4, 0.5) is 0 Å². The van der Waals surface area contributed by atoms with Crippen LogP contribution in [0, 0.1) is 12.8 Å². The van der Waals surface area contributed by atoms with Gasteiger partial charge in [0.15, 0.2) is 0 Å². The van der Waals surface area contributed by atoms with Crippen molar-refractivity contribution in [1.82, 2.24) is 15.6 Å². The van der Waals surface area contributed by atoms with Crippen molar-refractivity contribution < 1.29 is 4.79 Å². The summed E-state index contributed by atoms with van der Waals surface area (Å²) >= 11 is 0. The van der Waals surface area contributed by atoms with E-state index in [0.29, 0.717) is 13.1 Å². The highest BCUT2D eigenvalue weighted by atomic mass is 16.1. The molecule has 3 rings (SSSR count). The Bertz CT molecular complexity index is 628. The van der Waals surface area contributed by atoms with Crippen LogP contribution in [0.2, 0.25) is 0 Å². The third-order valence-electron chi connectivity index (χ3n) is 4.14. The predicted molar refractivity (Wildman–Crippen MR) is 85.3 cm³/mol. The number of aromatic amines is 1. The zero-order valence-corrected chi connectivity index (χ0v) is 12.5. The van der Waals surface area contributed by atoms with Gasteiger partial charge >= 0.3 is 0 Å². The molecule has 1 aromatic carbocycles. The summed E-state index contributed by atoms with van der Waals surface area (Å²) in [7, 11) is 0. The van der Waals surface area contributed by atoms with Crippen LogP contribution in [-0.4, -0.2) is 30.5 Å². The molecule has 0 atom stereocenters. The molecule has 3 N–H and O–H groups in total. The zero-order valence-electron chi connectivity index (χ0n) is 12.5. The Hall–Kier alpha value is -1.81. The van der Waals surface area contributed by atoms with Gasteiger partial charge in [0, 0.05) is 23.6 Å². The average Bonchev–Trinajstić information content (AvgIpc) is 3.19. The molecule has 0 aliphatic heterocycles. The minimum absolute atomic E-state index is 0.0895. The van der Waals surface area contributed by atoms with Crippen molar-refractivity contribution in [3.05, 3.63) is 35.5 Å². The lowest BCUT2D eigenvalue weighted by molar-refractivity contribution is -0.120. The van der Waals surface area contributed by atoms with Crippen molar-refractivity contribution in [2.24, 2.45) is 5.92 Å². The quantitative estimate of drug-likeness (QED) is 0.730. The van der Waals surface area contributed by atoms with Crippen LogP contribution in [0.5, 0.6) is 0 Å². The molecule has 0 radical (unpaired) electrons. The number of H-pyrrole nitrogens is 1. The number of amides is 1. The lowest BCUT2D eigenvalue weighted by atomic mass is 10.1. The monoisotopic (exact) mass is 285 g/mol. The fourth-order valence-corrected chi connectivity index (χ4v) is 2.68. The lowest BCUT2D eigenvalue weighted by Crippen LogP contribution is -2.35. The van der Waals surface area contributed by atoms with Gasteiger partial charge in [0.05, 0.1) is 6.54 Å². The molecule has 0 unspecified atom stereocenters. The fraction of sp³-hybridized carbons (Fsp3) is 0.471. The molecule has 1 saturated carbocycles. The molecule has 0 saturated heterocycles. The molecule has 21 heavy (non-hydrogen) atoms. The summed E-state index contributed by atoms with van der Waals surface area (Å²) in [5.74, 6) is 0.902. The van der Waals surface area contributed by atoms with Gasteiger partial charge in [0.25, 0.3) is 0 Å². The molecular formula is C17H23N3O. The number of carbonyl (C=O) groups is 1. The van der Waals surface area contributed by atoms with Gasteiger partial charge < -0.3 is 15.6 Å². The van der Waals surface area contributed by atoms with Gasteiger partial charge in [-0.15, -0.1) is 0 Å². The van der Waals surface area contributed by atoms with Gasteiger partial charge in [-0.3, -0.25) is 4.79 Å². The number of fused-ring (bicyclic) bond motifs is 1. The van der Waals surface area contributed by atoms with Crippen LogP contribution in [-0.2, 0) is 11.2 Å². The van der Waals surface area contributed by atoms with Crippen molar-refractivity contribution in [1.29, 1.82) is 0 Å². The molecule has 1 aromatic heterocycles. The lowest BCUT2D eigenvalue weighted by Gasteiger charge is -2.06. The van der Waals surface area contributed by atoms with Crippen molar-refractivity contribution in [2.75, 3.05) is 19.6 Å². The van der Waals surface area contributed by atoms with Crippen LogP contribution in [0.25, 0.3) is 10.9 Å². The summed E-state index contributed by atoms with van der Waals surface area (Å²) in [6.07, 6.45) is 5.54. The summed E-state index contributed by atoms with van der Waals surface area (Å²) in [6, 6.07) is 6.32. The number of carbonyl (C=O) groups excluding carboxylic acids is 1. The molecule has 1 amide bonds. The Morgan fingerprint density at radius 3 is 3.05 bits per heavy atom. The standard InChI is InChI=1S/C17H23N3O/c1-12-3-2-4-15-14(10-20-17(12)15)7-8-19-16(21)11-18-9-13-5-6-13/h2-4,10,13,18,20H,5-9,11H2,1H3,(H,19,21). The molecule has 1 heterocycles.